The van der Waals surface area contributed by atoms with Crippen LogP contribution in [0.25, 0.3) is 10.9 Å². The lowest BCUT2D eigenvalue weighted by Gasteiger charge is -2.28. The second kappa shape index (κ2) is 8.07. The molecule has 0 unspecified atom stereocenters. The number of pyridine rings is 1. The van der Waals surface area contributed by atoms with Crippen LogP contribution in [-0.2, 0) is 0 Å². The minimum absolute atomic E-state index is 0.294. The van der Waals surface area contributed by atoms with Gasteiger partial charge in [-0.05, 0) is 80.3 Å². The monoisotopic (exact) mass is 394 g/mol. The molecular weight excluding hydrogens is 372 g/mol. The molecule has 4 rings (SSSR count). The lowest BCUT2D eigenvalue weighted by molar-refractivity contribution is 0.262. The Morgan fingerprint density at radius 2 is 1.64 bits per heavy atom. The number of piperidine rings is 1. The van der Waals surface area contributed by atoms with Gasteiger partial charge in [-0.15, -0.1) is 0 Å². The lowest BCUT2D eigenvalue weighted by Crippen LogP contribution is -2.30. The second-order valence-electron chi connectivity index (χ2n) is 7.16. The van der Waals surface area contributed by atoms with Crippen LogP contribution in [0.4, 0.5) is 22.0 Å². The number of urea groups is 1. The number of nitrogens with zero attached hydrogens (tertiary/aromatic N) is 2. The minimum Gasteiger partial charge on any atom is -0.357 e. The molecule has 2 N–H and O–H groups in total. The first-order valence-corrected chi connectivity index (χ1v) is 9.96. The van der Waals surface area contributed by atoms with E-state index in [0.29, 0.717) is 10.7 Å². The first kappa shape index (κ1) is 18.6. The van der Waals surface area contributed by atoms with E-state index in [1.807, 2.05) is 18.2 Å². The molecule has 1 saturated heterocycles. The van der Waals surface area contributed by atoms with Gasteiger partial charge in [0.2, 0.25) is 0 Å². The van der Waals surface area contributed by atoms with Crippen LogP contribution in [0.15, 0.2) is 48.5 Å². The highest BCUT2D eigenvalue weighted by molar-refractivity contribution is 6.30. The van der Waals surface area contributed by atoms with Crippen LogP contribution in [0, 0.1) is 6.92 Å². The second-order valence-corrected chi connectivity index (χ2v) is 7.60. The van der Waals surface area contributed by atoms with E-state index in [-0.39, 0.29) is 6.03 Å². The van der Waals surface area contributed by atoms with Crippen LogP contribution in [0.2, 0.25) is 5.02 Å². The third-order valence-corrected chi connectivity index (χ3v) is 5.29. The molecule has 28 heavy (non-hydrogen) atoms. The van der Waals surface area contributed by atoms with Crippen molar-refractivity contribution >= 4 is 45.7 Å². The van der Waals surface area contributed by atoms with Crippen molar-refractivity contribution in [2.75, 3.05) is 28.6 Å². The SMILES string of the molecule is Cc1cc(N2CCCCC2)nc2ccc(NC(=O)Nc3ccc(Cl)cc3)cc12. The molecule has 0 saturated carbocycles. The summed E-state index contributed by atoms with van der Waals surface area (Å²) in [6.07, 6.45) is 3.75. The van der Waals surface area contributed by atoms with Crippen molar-refractivity contribution in [3.8, 4) is 0 Å². The van der Waals surface area contributed by atoms with E-state index >= 15 is 0 Å². The summed E-state index contributed by atoms with van der Waals surface area (Å²) < 4.78 is 0. The summed E-state index contributed by atoms with van der Waals surface area (Å²) >= 11 is 5.87. The average Bonchev–Trinajstić information content (AvgIpc) is 2.71. The van der Waals surface area contributed by atoms with Crippen molar-refractivity contribution in [2.24, 2.45) is 0 Å². The van der Waals surface area contributed by atoms with Crippen LogP contribution in [0.1, 0.15) is 24.8 Å². The maximum atomic E-state index is 12.3. The molecule has 1 aliphatic rings. The number of amides is 2. The summed E-state index contributed by atoms with van der Waals surface area (Å²) in [4.78, 5) is 19.5. The van der Waals surface area contributed by atoms with Crippen LogP contribution in [-0.4, -0.2) is 24.1 Å². The Labute approximate surface area is 169 Å². The number of hydrogen-bond donors (Lipinski definition) is 2. The van der Waals surface area contributed by atoms with Gasteiger partial charge in [0.1, 0.15) is 5.82 Å². The molecule has 1 aromatic heterocycles. The van der Waals surface area contributed by atoms with Crippen molar-refractivity contribution < 1.29 is 4.79 Å². The zero-order valence-corrected chi connectivity index (χ0v) is 16.6. The number of aryl methyl sites for hydroxylation is 1. The molecule has 144 valence electrons. The number of nitrogens with one attached hydrogen (secondary N) is 2. The van der Waals surface area contributed by atoms with E-state index in [4.69, 9.17) is 16.6 Å². The van der Waals surface area contributed by atoms with Crippen molar-refractivity contribution in [3.05, 3.63) is 59.1 Å². The van der Waals surface area contributed by atoms with Gasteiger partial charge in [-0.1, -0.05) is 11.6 Å². The van der Waals surface area contributed by atoms with Gasteiger partial charge in [-0.2, -0.15) is 0 Å². The fraction of sp³-hybridized carbons (Fsp3) is 0.273. The van der Waals surface area contributed by atoms with Crippen molar-refractivity contribution in [1.29, 1.82) is 0 Å². The Kier molecular flexibility index (Phi) is 5.35. The number of anilines is 3. The Hall–Kier alpha value is -2.79. The maximum absolute atomic E-state index is 12.3. The number of hydrogen-bond acceptors (Lipinski definition) is 3. The highest BCUT2D eigenvalue weighted by Crippen LogP contribution is 2.27. The zero-order chi connectivity index (χ0) is 19.5. The van der Waals surface area contributed by atoms with E-state index in [2.05, 4.69) is 28.5 Å². The van der Waals surface area contributed by atoms with Gasteiger partial charge < -0.3 is 15.5 Å². The standard InChI is InChI=1S/C22H23ClN4O/c1-15-13-21(27-11-3-2-4-12-27)26-20-10-9-18(14-19(15)20)25-22(28)24-17-7-5-16(23)6-8-17/h5-10,13-14H,2-4,11-12H2,1H3,(H2,24,25,28). The molecule has 6 heteroatoms. The fourth-order valence-electron chi connectivity index (χ4n) is 3.57. The highest BCUT2D eigenvalue weighted by Gasteiger charge is 2.14. The Balaban J connectivity index is 1.51. The molecule has 0 atom stereocenters. The highest BCUT2D eigenvalue weighted by atomic mass is 35.5. The number of carbonyl (C=O) groups is 1. The van der Waals surface area contributed by atoms with Gasteiger partial charge >= 0.3 is 6.03 Å². The third-order valence-electron chi connectivity index (χ3n) is 5.04. The molecule has 5 nitrogen and oxygen atoms in total. The molecule has 2 amide bonds. The molecule has 1 aliphatic heterocycles. The first-order valence-electron chi connectivity index (χ1n) is 9.58. The number of halogens is 1. The van der Waals surface area contributed by atoms with Crippen molar-refractivity contribution in [1.82, 2.24) is 4.98 Å². The summed E-state index contributed by atoms with van der Waals surface area (Å²) in [5.41, 5.74) is 3.53. The zero-order valence-electron chi connectivity index (χ0n) is 15.8. The minimum atomic E-state index is -0.294. The van der Waals surface area contributed by atoms with E-state index in [1.165, 1.54) is 19.3 Å². The van der Waals surface area contributed by atoms with Crippen LogP contribution < -0.4 is 15.5 Å². The number of benzene rings is 2. The molecule has 3 aromatic rings. The smallest absolute Gasteiger partial charge is 0.323 e. The number of rotatable bonds is 3. The summed E-state index contributed by atoms with van der Waals surface area (Å²) in [7, 11) is 0. The molecule has 0 radical (unpaired) electrons. The van der Waals surface area contributed by atoms with E-state index in [9.17, 15) is 4.79 Å². The molecule has 0 bridgehead atoms. The van der Waals surface area contributed by atoms with Gasteiger partial charge in [0.25, 0.3) is 0 Å². The molecule has 1 fully saturated rings. The number of carbonyl (C=O) groups excluding carboxylic acids is 1. The van der Waals surface area contributed by atoms with Crippen LogP contribution >= 0.6 is 11.6 Å². The summed E-state index contributed by atoms with van der Waals surface area (Å²) in [5.74, 6) is 1.05. The number of fused-ring (bicyclic) bond motifs is 1. The van der Waals surface area contributed by atoms with Crippen molar-refractivity contribution in [3.63, 3.8) is 0 Å². The van der Waals surface area contributed by atoms with E-state index in [1.54, 1.807) is 24.3 Å². The largest absolute Gasteiger partial charge is 0.357 e. The summed E-state index contributed by atoms with van der Waals surface area (Å²) in [6.45, 7) is 4.24. The fourth-order valence-corrected chi connectivity index (χ4v) is 3.69. The summed E-state index contributed by atoms with van der Waals surface area (Å²) in [5, 5.41) is 7.36. The van der Waals surface area contributed by atoms with Gasteiger partial charge in [0.15, 0.2) is 0 Å². The predicted octanol–water partition coefficient (Wildman–Crippen LogP) is 5.83. The van der Waals surface area contributed by atoms with Gasteiger partial charge in [0.05, 0.1) is 5.52 Å². The Morgan fingerprint density at radius 1 is 0.964 bits per heavy atom. The Morgan fingerprint density at radius 3 is 2.39 bits per heavy atom. The van der Waals surface area contributed by atoms with Crippen molar-refractivity contribution in [2.45, 2.75) is 26.2 Å². The van der Waals surface area contributed by atoms with Gasteiger partial charge in [-0.3, -0.25) is 0 Å². The average molecular weight is 395 g/mol. The quantitative estimate of drug-likeness (QED) is 0.587. The number of aromatic nitrogens is 1. The molecule has 2 aromatic carbocycles. The van der Waals surface area contributed by atoms with E-state index in [0.717, 1.165) is 41.1 Å². The molecular formula is C22H23ClN4O. The molecule has 0 aliphatic carbocycles. The molecule has 0 spiro atoms. The predicted molar refractivity (Wildman–Crippen MR) is 117 cm³/mol. The molecule has 2 heterocycles. The summed E-state index contributed by atoms with van der Waals surface area (Å²) in [6, 6.07) is 14.7. The van der Waals surface area contributed by atoms with Gasteiger partial charge in [-0.25, -0.2) is 9.78 Å². The third kappa shape index (κ3) is 4.20. The lowest BCUT2D eigenvalue weighted by atomic mass is 10.1. The normalized spacial score (nSPS) is 14.1. The van der Waals surface area contributed by atoms with Crippen LogP contribution in [0.5, 0.6) is 0 Å². The first-order chi connectivity index (χ1) is 13.6. The topological polar surface area (TPSA) is 57.3 Å². The maximum Gasteiger partial charge on any atom is 0.323 e. The van der Waals surface area contributed by atoms with E-state index < -0.39 is 0 Å². The van der Waals surface area contributed by atoms with Gasteiger partial charge in [0, 0.05) is 34.9 Å². The Bertz CT molecular complexity index is 997. The van der Waals surface area contributed by atoms with Crippen LogP contribution in [0.3, 0.4) is 0 Å².